The minimum absolute atomic E-state index is 0.00119. The topological polar surface area (TPSA) is 132 Å². The Morgan fingerprint density at radius 2 is 1.76 bits per heavy atom. The van der Waals surface area contributed by atoms with Crippen LogP contribution in [0.25, 0.3) is 10.9 Å². The monoisotopic (exact) mass is 539 g/mol. The number of hydrogen-bond donors (Lipinski definition) is 3. The van der Waals surface area contributed by atoms with Crippen molar-refractivity contribution in [1.29, 1.82) is 0 Å². The van der Waals surface area contributed by atoms with Crippen LogP contribution in [-0.2, 0) is 14.8 Å². The lowest BCUT2D eigenvalue weighted by Crippen LogP contribution is -2.49. The van der Waals surface area contributed by atoms with Crippen LogP contribution >= 0.6 is 0 Å². The average molecular weight is 540 g/mol. The lowest BCUT2D eigenvalue weighted by molar-refractivity contribution is -0.122. The molecule has 202 valence electrons. The van der Waals surface area contributed by atoms with Gasteiger partial charge in [-0.2, -0.15) is 0 Å². The van der Waals surface area contributed by atoms with Gasteiger partial charge in [0.05, 0.1) is 22.5 Å². The minimum atomic E-state index is -3.87. The fourth-order valence-corrected chi connectivity index (χ4v) is 5.86. The van der Waals surface area contributed by atoms with E-state index < -0.39 is 16.0 Å². The molecule has 0 radical (unpaired) electrons. The minimum Gasteiger partial charge on any atom is -0.478 e. The number of fused-ring (bicyclic) bond motifs is 1. The first-order valence-electron chi connectivity index (χ1n) is 12.6. The second-order valence-corrected chi connectivity index (χ2v) is 11.2. The van der Waals surface area contributed by atoms with E-state index in [0.717, 1.165) is 12.0 Å². The first-order valence-corrected chi connectivity index (χ1v) is 14.1. The number of aromatic nitrogens is 1. The van der Waals surface area contributed by atoms with Gasteiger partial charge in [-0.15, -0.1) is 0 Å². The largest absolute Gasteiger partial charge is 0.478 e. The molecule has 1 aliphatic heterocycles. The summed E-state index contributed by atoms with van der Waals surface area (Å²) in [5.41, 5.74) is 2.18. The van der Waals surface area contributed by atoms with Crippen LogP contribution in [0.4, 0.5) is 11.5 Å². The summed E-state index contributed by atoms with van der Waals surface area (Å²) >= 11 is 0. The van der Waals surface area contributed by atoms with Crippen LogP contribution in [0.15, 0.2) is 47.4 Å². The molecule has 0 aliphatic carbocycles. The highest BCUT2D eigenvalue weighted by atomic mass is 32.2. The number of carbonyl (C=O) groups excluding carboxylic acids is 1. The van der Waals surface area contributed by atoms with Gasteiger partial charge in [-0.1, -0.05) is 19.1 Å². The number of sulfonamides is 1. The number of hydrogen-bond acceptors (Lipinski definition) is 7. The zero-order chi connectivity index (χ0) is 27.4. The predicted molar refractivity (Wildman–Crippen MR) is 147 cm³/mol. The number of piperazine rings is 1. The summed E-state index contributed by atoms with van der Waals surface area (Å²) in [6.45, 7) is 9.06. The van der Waals surface area contributed by atoms with Crippen LogP contribution in [0.2, 0.25) is 0 Å². The van der Waals surface area contributed by atoms with Crippen LogP contribution in [0.5, 0.6) is 0 Å². The fraction of sp³-hybridized carbons (Fsp3) is 0.370. The highest BCUT2D eigenvalue weighted by Crippen LogP contribution is 2.28. The van der Waals surface area contributed by atoms with E-state index >= 15 is 0 Å². The number of rotatable bonds is 9. The third-order valence-corrected chi connectivity index (χ3v) is 8.07. The standard InChI is InChI=1S/C27H33N5O5S/c1-4-9-28-26(33)17-31-10-12-32(13-11-31)25-16-22(27(34)35)21-15-20(7-8-23(21)29-25)30-38(36,37)24-14-18(2)5-6-19(24)3/h5-8,14-16,30H,4,9-13,17H2,1-3H3,(H,28,33)(H,34,35). The van der Waals surface area contributed by atoms with Gasteiger partial charge in [0.15, 0.2) is 0 Å². The Morgan fingerprint density at radius 3 is 2.45 bits per heavy atom. The van der Waals surface area contributed by atoms with Crippen molar-refractivity contribution in [2.24, 2.45) is 0 Å². The molecule has 1 saturated heterocycles. The van der Waals surface area contributed by atoms with Crippen molar-refractivity contribution in [3.63, 3.8) is 0 Å². The Labute approximate surface area is 222 Å². The smallest absolute Gasteiger partial charge is 0.336 e. The van der Waals surface area contributed by atoms with Crippen molar-refractivity contribution in [2.45, 2.75) is 32.1 Å². The first-order chi connectivity index (χ1) is 18.1. The fourth-order valence-electron chi connectivity index (χ4n) is 4.48. The van der Waals surface area contributed by atoms with Crippen molar-refractivity contribution in [3.05, 3.63) is 59.2 Å². The molecule has 3 aromatic rings. The number of benzene rings is 2. The molecular weight excluding hydrogens is 506 g/mol. The number of aromatic carboxylic acids is 1. The molecule has 0 saturated carbocycles. The molecule has 0 atom stereocenters. The number of pyridine rings is 1. The molecule has 1 fully saturated rings. The Bertz CT molecular complexity index is 1470. The number of aryl methyl sites for hydroxylation is 2. The van der Waals surface area contributed by atoms with Crippen LogP contribution in [0.3, 0.4) is 0 Å². The van der Waals surface area contributed by atoms with Gasteiger partial charge in [0.1, 0.15) is 5.82 Å². The molecule has 0 bridgehead atoms. The van der Waals surface area contributed by atoms with Crippen LogP contribution < -0.4 is 14.9 Å². The van der Waals surface area contributed by atoms with Crippen LogP contribution in [0.1, 0.15) is 34.8 Å². The maximum Gasteiger partial charge on any atom is 0.336 e. The zero-order valence-corrected chi connectivity index (χ0v) is 22.6. The Kier molecular flexibility index (Phi) is 8.17. The molecular formula is C27H33N5O5S. The molecule has 1 amide bonds. The van der Waals surface area contributed by atoms with E-state index in [2.05, 4.69) is 19.9 Å². The molecule has 0 unspecified atom stereocenters. The average Bonchev–Trinajstić information content (AvgIpc) is 2.88. The van der Waals surface area contributed by atoms with Gasteiger partial charge in [-0.05, 0) is 61.7 Å². The molecule has 3 N–H and O–H groups in total. The van der Waals surface area contributed by atoms with Gasteiger partial charge in [0.2, 0.25) is 5.91 Å². The second kappa shape index (κ2) is 11.4. The van der Waals surface area contributed by atoms with Crippen molar-refractivity contribution in [3.8, 4) is 0 Å². The highest BCUT2D eigenvalue weighted by molar-refractivity contribution is 7.92. The van der Waals surface area contributed by atoms with Gasteiger partial charge in [-0.25, -0.2) is 18.2 Å². The van der Waals surface area contributed by atoms with Crippen molar-refractivity contribution < 1.29 is 23.1 Å². The van der Waals surface area contributed by atoms with Gasteiger partial charge < -0.3 is 15.3 Å². The Balaban J connectivity index is 1.55. The normalized spacial score (nSPS) is 14.4. The summed E-state index contributed by atoms with van der Waals surface area (Å²) in [5.74, 6) is -0.589. The summed E-state index contributed by atoms with van der Waals surface area (Å²) in [6.07, 6.45) is 0.888. The third-order valence-electron chi connectivity index (χ3n) is 6.55. The van der Waals surface area contributed by atoms with Gasteiger partial charge in [0.25, 0.3) is 10.0 Å². The van der Waals surface area contributed by atoms with E-state index in [1.165, 1.54) is 12.1 Å². The first kappa shape index (κ1) is 27.3. The molecule has 10 nitrogen and oxygen atoms in total. The quantitative estimate of drug-likeness (QED) is 0.378. The molecule has 2 aromatic carbocycles. The molecule has 1 aromatic heterocycles. The summed E-state index contributed by atoms with van der Waals surface area (Å²) in [7, 11) is -3.87. The van der Waals surface area contributed by atoms with Crippen molar-refractivity contribution >= 4 is 44.3 Å². The van der Waals surface area contributed by atoms with E-state index in [9.17, 15) is 23.1 Å². The van der Waals surface area contributed by atoms with E-state index in [1.807, 2.05) is 24.8 Å². The summed E-state index contributed by atoms with van der Waals surface area (Å²) in [4.78, 5) is 33.1. The number of anilines is 2. The number of amides is 1. The molecule has 1 aliphatic rings. The Morgan fingerprint density at radius 1 is 1.03 bits per heavy atom. The van der Waals surface area contributed by atoms with Crippen molar-refractivity contribution in [2.75, 3.05) is 48.9 Å². The van der Waals surface area contributed by atoms with Gasteiger partial charge in [-0.3, -0.25) is 14.4 Å². The molecule has 4 rings (SSSR count). The number of nitrogens with zero attached hydrogens (tertiary/aromatic N) is 3. The molecule has 38 heavy (non-hydrogen) atoms. The highest BCUT2D eigenvalue weighted by Gasteiger charge is 2.23. The van der Waals surface area contributed by atoms with E-state index in [4.69, 9.17) is 0 Å². The van der Waals surface area contributed by atoms with Gasteiger partial charge in [0, 0.05) is 43.8 Å². The van der Waals surface area contributed by atoms with Crippen LogP contribution in [0, 0.1) is 13.8 Å². The maximum absolute atomic E-state index is 13.1. The summed E-state index contributed by atoms with van der Waals surface area (Å²) in [6, 6.07) is 11.4. The predicted octanol–water partition coefficient (Wildman–Crippen LogP) is 3.00. The van der Waals surface area contributed by atoms with E-state index in [1.54, 1.807) is 31.2 Å². The SMILES string of the molecule is CCCNC(=O)CN1CCN(c2cc(C(=O)O)c3cc(NS(=O)(=O)c4cc(C)ccc4C)ccc3n2)CC1. The number of carboxylic acids is 1. The second-order valence-electron chi connectivity index (χ2n) is 9.55. The molecule has 0 spiro atoms. The number of nitrogens with one attached hydrogen (secondary N) is 2. The van der Waals surface area contributed by atoms with Crippen molar-refractivity contribution in [1.82, 2.24) is 15.2 Å². The van der Waals surface area contributed by atoms with E-state index in [-0.39, 0.29) is 22.1 Å². The van der Waals surface area contributed by atoms with E-state index in [0.29, 0.717) is 61.6 Å². The Hall–Kier alpha value is -3.70. The maximum atomic E-state index is 13.1. The molecule has 11 heteroatoms. The lowest BCUT2D eigenvalue weighted by atomic mass is 10.1. The van der Waals surface area contributed by atoms with Crippen LogP contribution in [-0.4, -0.2) is 74.6 Å². The zero-order valence-electron chi connectivity index (χ0n) is 21.8. The number of carbonyl (C=O) groups is 2. The van der Waals surface area contributed by atoms with Gasteiger partial charge >= 0.3 is 5.97 Å². The lowest BCUT2D eigenvalue weighted by Gasteiger charge is -2.35. The summed E-state index contributed by atoms with van der Waals surface area (Å²) in [5, 5.41) is 13.2. The molecule has 2 heterocycles. The summed E-state index contributed by atoms with van der Waals surface area (Å²) < 4.78 is 28.7. The third kappa shape index (κ3) is 6.22. The number of carboxylic acid groups (broad SMARTS) is 1.